The molecule has 0 aliphatic carbocycles. The molecular weight excluding hydrogens is 290 g/mol. The predicted octanol–water partition coefficient (Wildman–Crippen LogP) is 1.39. The summed E-state index contributed by atoms with van der Waals surface area (Å²) in [5.74, 6) is 0.759. The summed E-state index contributed by atoms with van der Waals surface area (Å²) >= 11 is 6.21. The van der Waals surface area contributed by atoms with Crippen LogP contribution in [0, 0.1) is 0 Å². The number of methoxy groups -OCH3 is 1. The van der Waals surface area contributed by atoms with E-state index in [1.807, 2.05) is 0 Å². The average molecular weight is 314 g/mol. The third-order valence-electron chi connectivity index (χ3n) is 3.99. The van der Waals surface area contributed by atoms with Crippen LogP contribution < -0.4 is 15.4 Å². The van der Waals surface area contributed by atoms with Gasteiger partial charge in [-0.05, 0) is 19.4 Å². The maximum absolute atomic E-state index is 6.21. The summed E-state index contributed by atoms with van der Waals surface area (Å²) < 4.78 is 5.08. The Balaban J connectivity index is 2.00. The van der Waals surface area contributed by atoms with Gasteiger partial charge in [0.05, 0.1) is 13.3 Å². The van der Waals surface area contributed by atoms with Gasteiger partial charge >= 0.3 is 6.01 Å². The molecule has 2 N–H and O–H groups in total. The maximum Gasteiger partial charge on any atom is 0.318 e. The maximum atomic E-state index is 6.21. The van der Waals surface area contributed by atoms with E-state index in [1.54, 1.807) is 13.3 Å². The fourth-order valence-electron chi connectivity index (χ4n) is 2.80. The van der Waals surface area contributed by atoms with Gasteiger partial charge < -0.3 is 15.4 Å². The first-order chi connectivity index (χ1) is 10.2. The lowest BCUT2D eigenvalue weighted by molar-refractivity contribution is 0.173. The summed E-state index contributed by atoms with van der Waals surface area (Å²) in [7, 11) is 1.56. The number of aromatic nitrogens is 2. The van der Waals surface area contributed by atoms with Gasteiger partial charge in [-0.2, -0.15) is 4.98 Å². The molecule has 1 saturated heterocycles. The molecule has 0 radical (unpaired) electrons. The summed E-state index contributed by atoms with van der Waals surface area (Å²) in [6.07, 6.45) is 3.79. The van der Waals surface area contributed by atoms with Gasteiger partial charge in [-0.3, -0.25) is 4.90 Å². The lowest BCUT2D eigenvalue weighted by atomic mass is 10.1. The molecule has 0 bridgehead atoms. The van der Waals surface area contributed by atoms with Crippen molar-refractivity contribution in [3.8, 4) is 6.01 Å². The highest BCUT2D eigenvalue weighted by Crippen LogP contribution is 2.26. The van der Waals surface area contributed by atoms with E-state index in [1.165, 1.54) is 0 Å². The van der Waals surface area contributed by atoms with E-state index in [4.69, 9.17) is 22.1 Å². The second-order valence-corrected chi connectivity index (χ2v) is 5.60. The molecule has 0 amide bonds. The zero-order chi connectivity index (χ0) is 15.2. The van der Waals surface area contributed by atoms with Crippen molar-refractivity contribution in [3.05, 3.63) is 11.2 Å². The largest absolute Gasteiger partial charge is 0.467 e. The van der Waals surface area contributed by atoms with Gasteiger partial charge in [0.15, 0.2) is 5.82 Å². The lowest BCUT2D eigenvalue weighted by Crippen LogP contribution is -2.51. The number of nitrogens with zero attached hydrogens (tertiary/aromatic N) is 4. The first-order valence-corrected chi connectivity index (χ1v) is 7.83. The molecule has 2 heterocycles. The SMILES string of the molecule is CCC(CCN)N1CCN(c2nc(OC)ncc2Cl)CC1. The van der Waals surface area contributed by atoms with Crippen LogP contribution in [-0.4, -0.2) is 60.7 Å². The molecule has 1 atom stereocenters. The Kier molecular flexibility index (Phi) is 6.02. The molecule has 1 fully saturated rings. The molecular formula is C14H24ClN5O. The highest BCUT2D eigenvalue weighted by molar-refractivity contribution is 6.32. The van der Waals surface area contributed by atoms with Gasteiger partial charge in [0.25, 0.3) is 0 Å². The smallest absolute Gasteiger partial charge is 0.318 e. The Bertz CT molecular complexity index is 451. The number of hydrogen-bond acceptors (Lipinski definition) is 6. The number of halogens is 1. The van der Waals surface area contributed by atoms with Crippen LogP contribution in [0.1, 0.15) is 19.8 Å². The molecule has 1 aliphatic heterocycles. The Morgan fingerprint density at radius 3 is 2.67 bits per heavy atom. The molecule has 1 aliphatic rings. The Morgan fingerprint density at radius 2 is 2.10 bits per heavy atom. The van der Waals surface area contributed by atoms with Gasteiger partial charge in [0.1, 0.15) is 5.02 Å². The Morgan fingerprint density at radius 1 is 1.38 bits per heavy atom. The van der Waals surface area contributed by atoms with E-state index in [9.17, 15) is 0 Å². The summed E-state index contributed by atoms with van der Waals surface area (Å²) in [5.41, 5.74) is 5.70. The second kappa shape index (κ2) is 7.77. The number of nitrogens with two attached hydrogens (primary N) is 1. The average Bonchev–Trinajstić information content (AvgIpc) is 2.53. The first kappa shape index (κ1) is 16.3. The van der Waals surface area contributed by atoms with Crippen LogP contribution in [0.25, 0.3) is 0 Å². The van der Waals surface area contributed by atoms with Crippen molar-refractivity contribution in [3.63, 3.8) is 0 Å². The van der Waals surface area contributed by atoms with E-state index in [2.05, 4.69) is 26.7 Å². The molecule has 0 saturated carbocycles. The molecule has 1 unspecified atom stereocenters. The fraction of sp³-hybridized carbons (Fsp3) is 0.714. The fourth-order valence-corrected chi connectivity index (χ4v) is 3.01. The van der Waals surface area contributed by atoms with Crippen LogP contribution in [0.4, 0.5) is 5.82 Å². The molecule has 6 nitrogen and oxygen atoms in total. The monoisotopic (exact) mass is 313 g/mol. The minimum absolute atomic E-state index is 0.353. The highest BCUT2D eigenvalue weighted by Gasteiger charge is 2.24. The molecule has 1 aromatic heterocycles. The third kappa shape index (κ3) is 3.96. The zero-order valence-electron chi connectivity index (χ0n) is 12.8. The van der Waals surface area contributed by atoms with E-state index in [0.717, 1.165) is 51.4 Å². The number of anilines is 1. The quantitative estimate of drug-likeness (QED) is 0.856. The van der Waals surface area contributed by atoms with Crippen molar-refractivity contribution < 1.29 is 4.74 Å². The normalized spacial score (nSPS) is 17.8. The summed E-state index contributed by atoms with van der Waals surface area (Å²) in [6, 6.07) is 0.930. The van der Waals surface area contributed by atoms with Crippen molar-refractivity contribution in [2.45, 2.75) is 25.8 Å². The van der Waals surface area contributed by atoms with Crippen molar-refractivity contribution in [2.75, 3.05) is 44.7 Å². The summed E-state index contributed by atoms with van der Waals surface area (Å²) in [4.78, 5) is 13.1. The zero-order valence-corrected chi connectivity index (χ0v) is 13.5. The molecule has 7 heteroatoms. The summed E-state index contributed by atoms with van der Waals surface area (Å²) in [6.45, 7) is 6.77. The number of rotatable bonds is 6. The van der Waals surface area contributed by atoms with Crippen LogP contribution in [0.5, 0.6) is 6.01 Å². The van der Waals surface area contributed by atoms with Crippen molar-refractivity contribution >= 4 is 17.4 Å². The van der Waals surface area contributed by atoms with E-state index >= 15 is 0 Å². The van der Waals surface area contributed by atoms with Crippen molar-refractivity contribution in [1.29, 1.82) is 0 Å². The van der Waals surface area contributed by atoms with Crippen molar-refractivity contribution in [2.24, 2.45) is 5.73 Å². The molecule has 0 aromatic carbocycles. The second-order valence-electron chi connectivity index (χ2n) is 5.19. The first-order valence-electron chi connectivity index (χ1n) is 7.45. The van der Waals surface area contributed by atoms with Gasteiger partial charge in [-0.15, -0.1) is 0 Å². The lowest BCUT2D eigenvalue weighted by Gasteiger charge is -2.39. The molecule has 1 aromatic rings. The summed E-state index contributed by atoms with van der Waals surface area (Å²) in [5, 5.41) is 0.568. The molecule has 118 valence electrons. The van der Waals surface area contributed by atoms with Crippen LogP contribution in [0.2, 0.25) is 5.02 Å². The van der Waals surface area contributed by atoms with Gasteiger partial charge in [-0.25, -0.2) is 4.98 Å². The Hall–Kier alpha value is -1.11. The van der Waals surface area contributed by atoms with Gasteiger partial charge in [-0.1, -0.05) is 18.5 Å². The number of piperazine rings is 1. The van der Waals surface area contributed by atoms with Gasteiger partial charge in [0, 0.05) is 32.2 Å². The van der Waals surface area contributed by atoms with Gasteiger partial charge in [0.2, 0.25) is 0 Å². The molecule has 2 rings (SSSR count). The topological polar surface area (TPSA) is 67.5 Å². The third-order valence-corrected chi connectivity index (χ3v) is 4.25. The Labute approximate surface area is 131 Å². The standard InChI is InChI=1S/C14H24ClN5O/c1-3-11(4-5-16)19-6-8-20(9-7-19)13-12(15)10-17-14(18-13)21-2/h10-11H,3-9,16H2,1-2H3. The predicted molar refractivity (Wildman–Crippen MR) is 85.1 cm³/mol. The van der Waals surface area contributed by atoms with E-state index < -0.39 is 0 Å². The highest BCUT2D eigenvalue weighted by atomic mass is 35.5. The van der Waals surface area contributed by atoms with E-state index in [-0.39, 0.29) is 0 Å². The van der Waals surface area contributed by atoms with Crippen LogP contribution >= 0.6 is 11.6 Å². The van der Waals surface area contributed by atoms with Crippen LogP contribution in [0.3, 0.4) is 0 Å². The number of hydrogen-bond donors (Lipinski definition) is 1. The van der Waals surface area contributed by atoms with Crippen LogP contribution in [0.15, 0.2) is 6.20 Å². The minimum Gasteiger partial charge on any atom is -0.467 e. The van der Waals surface area contributed by atoms with Crippen molar-refractivity contribution in [1.82, 2.24) is 14.9 Å². The number of ether oxygens (including phenoxy) is 1. The molecule has 0 spiro atoms. The van der Waals surface area contributed by atoms with Crippen LogP contribution in [-0.2, 0) is 0 Å². The van der Waals surface area contributed by atoms with E-state index in [0.29, 0.717) is 17.1 Å². The molecule has 21 heavy (non-hydrogen) atoms. The minimum atomic E-state index is 0.353.